The fourth-order valence-corrected chi connectivity index (χ4v) is 3.27. The first-order valence-corrected chi connectivity index (χ1v) is 8.48. The van der Waals surface area contributed by atoms with Crippen LogP contribution in [0.5, 0.6) is 0 Å². The van der Waals surface area contributed by atoms with E-state index in [1.807, 2.05) is 24.3 Å². The van der Waals surface area contributed by atoms with Crippen LogP contribution in [0.2, 0.25) is 0 Å². The van der Waals surface area contributed by atoms with Gasteiger partial charge in [-0.15, -0.1) is 0 Å². The van der Waals surface area contributed by atoms with Gasteiger partial charge in [0.25, 0.3) is 0 Å². The van der Waals surface area contributed by atoms with Gasteiger partial charge >= 0.3 is 5.97 Å². The predicted molar refractivity (Wildman–Crippen MR) is 88.3 cm³/mol. The summed E-state index contributed by atoms with van der Waals surface area (Å²) in [5.41, 5.74) is 0.980. The lowest BCUT2D eigenvalue weighted by Crippen LogP contribution is -2.38. The van der Waals surface area contributed by atoms with Gasteiger partial charge in [0.15, 0.2) is 0 Å². The van der Waals surface area contributed by atoms with Crippen molar-refractivity contribution < 1.29 is 14.3 Å². The van der Waals surface area contributed by atoms with Crippen LogP contribution in [0.15, 0.2) is 28.7 Å². The molecule has 0 radical (unpaired) electrons. The molecule has 1 aromatic carbocycles. The van der Waals surface area contributed by atoms with Crippen LogP contribution in [0.3, 0.4) is 0 Å². The number of amides is 1. The third-order valence-electron chi connectivity index (χ3n) is 4.25. The van der Waals surface area contributed by atoms with E-state index in [1.165, 1.54) is 7.11 Å². The zero-order chi connectivity index (χ0) is 15.9. The first-order chi connectivity index (χ1) is 10.6. The second-order valence-electron chi connectivity index (χ2n) is 5.78. The summed E-state index contributed by atoms with van der Waals surface area (Å²) < 4.78 is 5.88. The summed E-state index contributed by atoms with van der Waals surface area (Å²) in [6.07, 6.45) is 4.37. The average Bonchev–Trinajstić information content (AvgIpc) is 2.54. The van der Waals surface area contributed by atoms with Gasteiger partial charge in [0.1, 0.15) is 0 Å². The van der Waals surface area contributed by atoms with E-state index in [2.05, 4.69) is 21.2 Å². The molecule has 1 aliphatic rings. The van der Waals surface area contributed by atoms with E-state index in [1.54, 1.807) is 0 Å². The molecule has 1 aromatic rings. The Morgan fingerprint density at radius 2 is 1.91 bits per heavy atom. The Balaban J connectivity index is 1.83. The lowest BCUT2D eigenvalue weighted by molar-refractivity contribution is -0.148. The van der Waals surface area contributed by atoms with Gasteiger partial charge in [-0.3, -0.25) is 9.59 Å². The minimum absolute atomic E-state index is 0.00323. The van der Waals surface area contributed by atoms with Gasteiger partial charge in [-0.25, -0.2) is 0 Å². The Bertz CT molecular complexity index is 515. The van der Waals surface area contributed by atoms with E-state index < -0.39 is 0 Å². The van der Waals surface area contributed by atoms with Crippen LogP contribution < -0.4 is 5.32 Å². The largest absolute Gasteiger partial charge is 0.469 e. The van der Waals surface area contributed by atoms with Crippen molar-refractivity contribution in [3.8, 4) is 0 Å². The molecule has 0 saturated heterocycles. The molecule has 0 aliphatic heterocycles. The normalized spacial score (nSPS) is 21.2. The maximum atomic E-state index is 12.0. The Morgan fingerprint density at radius 1 is 1.23 bits per heavy atom. The Hall–Kier alpha value is -1.36. The minimum Gasteiger partial charge on any atom is -0.469 e. The fourth-order valence-electron chi connectivity index (χ4n) is 3.01. The molecule has 1 amide bonds. The molecule has 120 valence electrons. The van der Waals surface area contributed by atoms with Crippen molar-refractivity contribution in [2.45, 2.75) is 32.1 Å². The number of methoxy groups -OCH3 is 1. The van der Waals surface area contributed by atoms with Crippen LogP contribution in [-0.4, -0.2) is 25.5 Å². The van der Waals surface area contributed by atoms with Gasteiger partial charge in [-0.2, -0.15) is 0 Å². The molecule has 1 aliphatic carbocycles. The van der Waals surface area contributed by atoms with E-state index in [9.17, 15) is 9.59 Å². The lowest BCUT2D eigenvalue weighted by Gasteiger charge is -2.29. The molecule has 0 bridgehead atoms. The molecule has 1 fully saturated rings. The zero-order valence-electron chi connectivity index (χ0n) is 12.8. The molecular formula is C17H22BrNO3. The van der Waals surface area contributed by atoms with Crippen LogP contribution in [0.25, 0.3) is 0 Å². The average molecular weight is 368 g/mol. The summed E-state index contributed by atoms with van der Waals surface area (Å²) in [5, 5.41) is 2.97. The number of hydrogen-bond acceptors (Lipinski definition) is 3. The number of nitrogens with one attached hydrogen (secondary N) is 1. The highest BCUT2D eigenvalue weighted by molar-refractivity contribution is 9.10. The lowest BCUT2D eigenvalue weighted by atomic mass is 9.79. The number of ether oxygens (including phenoxy) is 1. The summed E-state index contributed by atoms with van der Waals surface area (Å²) in [4.78, 5) is 23.9. The van der Waals surface area contributed by atoms with E-state index >= 15 is 0 Å². The van der Waals surface area contributed by atoms with Crippen LogP contribution >= 0.6 is 15.9 Å². The molecule has 22 heavy (non-hydrogen) atoms. The number of benzene rings is 1. The molecule has 1 N–H and O–H groups in total. The highest BCUT2D eigenvalue weighted by atomic mass is 79.9. The maximum absolute atomic E-state index is 12.0. The summed E-state index contributed by atoms with van der Waals surface area (Å²) in [5.74, 6) is -0.0369. The predicted octanol–water partition coefficient (Wildman–Crippen LogP) is 3.09. The molecule has 2 rings (SSSR count). The van der Waals surface area contributed by atoms with Crippen LogP contribution in [-0.2, 0) is 20.7 Å². The van der Waals surface area contributed by atoms with Gasteiger partial charge in [0.2, 0.25) is 5.91 Å². The number of carbonyl (C=O) groups is 2. The smallest absolute Gasteiger partial charge is 0.309 e. The molecular weight excluding hydrogens is 346 g/mol. The molecule has 5 heteroatoms. The number of hydrogen-bond donors (Lipinski definition) is 1. The summed E-state index contributed by atoms with van der Waals surface area (Å²) in [6.45, 7) is 0.551. The van der Waals surface area contributed by atoms with Gasteiger partial charge in [-0.05, 0) is 36.5 Å². The highest BCUT2D eigenvalue weighted by Crippen LogP contribution is 2.30. The summed E-state index contributed by atoms with van der Waals surface area (Å²) in [6, 6.07) is 7.72. The number of esters is 1. The summed E-state index contributed by atoms with van der Waals surface area (Å²) in [7, 11) is 1.43. The third kappa shape index (κ3) is 4.83. The molecule has 0 aromatic heterocycles. The topological polar surface area (TPSA) is 55.4 Å². The standard InChI is InChI=1S/C17H22BrNO3/c1-22-17(21)15-5-3-2-4-13(15)11-19-16(20)10-12-6-8-14(18)9-7-12/h6-9,13,15H,2-5,10-11H2,1H3,(H,19,20). The third-order valence-corrected chi connectivity index (χ3v) is 4.78. The molecule has 2 unspecified atom stereocenters. The fraction of sp³-hybridized carbons (Fsp3) is 0.529. The number of carbonyl (C=O) groups excluding carboxylic acids is 2. The zero-order valence-corrected chi connectivity index (χ0v) is 14.4. The highest BCUT2D eigenvalue weighted by Gasteiger charge is 2.31. The van der Waals surface area contributed by atoms with Crippen LogP contribution in [0.1, 0.15) is 31.2 Å². The van der Waals surface area contributed by atoms with Crippen LogP contribution in [0.4, 0.5) is 0 Å². The molecule has 1 saturated carbocycles. The molecule has 2 atom stereocenters. The first-order valence-electron chi connectivity index (χ1n) is 7.69. The number of rotatable bonds is 5. The Kier molecular flexibility index (Phi) is 6.43. The van der Waals surface area contributed by atoms with E-state index in [0.29, 0.717) is 13.0 Å². The number of halogens is 1. The van der Waals surface area contributed by atoms with Crippen LogP contribution in [0, 0.1) is 11.8 Å². The molecule has 0 heterocycles. The van der Waals surface area contributed by atoms with Gasteiger partial charge in [-0.1, -0.05) is 40.9 Å². The van der Waals surface area contributed by atoms with Crippen molar-refractivity contribution in [3.63, 3.8) is 0 Å². The van der Waals surface area contributed by atoms with E-state index in [0.717, 1.165) is 35.7 Å². The van der Waals surface area contributed by atoms with Crippen molar-refractivity contribution >= 4 is 27.8 Å². The Labute approximate surface area is 139 Å². The van der Waals surface area contributed by atoms with E-state index in [4.69, 9.17) is 4.74 Å². The summed E-state index contributed by atoms with van der Waals surface area (Å²) >= 11 is 3.38. The van der Waals surface area contributed by atoms with Crippen molar-refractivity contribution in [1.82, 2.24) is 5.32 Å². The van der Waals surface area contributed by atoms with Crippen molar-refractivity contribution in [2.24, 2.45) is 11.8 Å². The molecule has 4 nitrogen and oxygen atoms in total. The SMILES string of the molecule is COC(=O)C1CCCCC1CNC(=O)Cc1ccc(Br)cc1. The van der Waals surface area contributed by atoms with Gasteiger partial charge < -0.3 is 10.1 Å². The molecule has 0 spiro atoms. The van der Waals surface area contributed by atoms with Crippen molar-refractivity contribution in [3.05, 3.63) is 34.3 Å². The first kappa shape index (κ1) is 17.0. The second kappa shape index (κ2) is 8.32. The van der Waals surface area contributed by atoms with Crippen molar-refractivity contribution in [1.29, 1.82) is 0 Å². The van der Waals surface area contributed by atoms with E-state index in [-0.39, 0.29) is 23.7 Å². The van der Waals surface area contributed by atoms with Crippen molar-refractivity contribution in [2.75, 3.05) is 13.7 Å². The second-order valence-corrected chi connectivity index (χ2v) is 6.70. The Morgan fingerprint density at radius 3 is 2.59 bits per heavy atom. The maximum Gasteiger partial charge on any atom is 0.309 e. The minimum atomic E-state index is -0.146. The van der Waals surface area contributed by atoms with Gasteiger partial charge in [0.05, 0.1) is 19.4 Å². The quantitative estimate of drug-likeness (QED) is 0.813. The van der Waals surface area contributed by atoms with Gasteiger partial charge in [0, 0.05) is 11.0 Å². The monoisotopic (exact) mass is 367 g/mol.